The first-order valence-corrected chi connectivity index (χ1v) is 6.94. The van der Waals surface area contributed by atoms with Crippen LogP contribution < -0.4 is 0 Å². The molecule has 16 heavy (non-hydrogen) atoms. The van der Waals surface area contributed by atoms with Crippen LogP contribution >= 0.6 is 0 Å². The van der Waals surface area contributed by atoms with Gasteiger partial charge in [0, 0.05) is 12.5 Å². The zero-order valence-corrected chi connectivity index (χ0v) is 10.7. The monoisotopic (exact) mass is 226 g/mol. The number of aliphatic hydroxyl groups is 1. The third kappa shape index (κ3) is 2.43. The summed E-state index contributed by atoms with van der Waals surface area (Å²) in [5, 5.41) is 10.8. The molecule has 2 rings (SSSR count). The van der Waals surface area contributed by atoms with E-state index < -0.39 is 5.60 Å². The number of hydrogen-bond donors (Lipinski definition) is 1. The van der Waals surface area contributed by atoms with Crippen LogP contribution in [0.25, 0.3) is 0 Å². The second-order valence-electron chi connectivity index (χ2n) is 5.92. The molecule has 4 unspecified atom stereocenters. The van der Waals surface area contributed by atoms with Gasteiger partial charge in [-0.1, -0.05) is 26.2 Å². The summed E-state index contributed by atoms with van der Waals surface area (Å²) in [6.07, 6.45) is 7.41. The number of rotatable bonds is 3. The molecule has 0 radical (unpaired) electrons. The fourth-order valence-electron chi connectivity index (χ4n) is 3.52. The summed E-state index contributed by atoms with van der Waals surface area (Å²) in [7, 11) is 0. The molecule has 0 aromatic carbocycles. The standard InChI is InChI=1S/C14H26O2/c1-3-11-5-4-6-12(9-11)14(2,15)13-7-8-16-10-13/h11-13,15H,3-10H2,1-2H3. The van der Waals surface area contributed by atoms with E-state index in [1.807, 2.05) is 0 Å². The maximum atomic E-state index is 10.8. The third-order valence-electron chi connectivity index (χ3n) is 4.94. The van der Waals surface area contributed by atoms with E-state index >= 15 is 0 Å². The zero-order chi connectivity index (χ0) is 11.6. The van der Waals surface area contributed by atoms with Crippen LogP contribution in [0.1, 0.15) is 52.4 Å². The maximum Gasteiger partial charge on any atom is 0.0698 e. The van der Waals surface area contributed by atoms with Crippen molar-refractivity contribution in [3.8, 4) is 0 Å². The molecule has 1 N–H and O–H groups in total. The van der Waals surface area contributed by atoms with Crippen molar-refractivity contribution in [2.24, 2.45) is 17.8 Å². The van der Waals surface area contributed by atoms with Crippen molar-refractivity contribution in [2.75, 3.05) is 13.2 Å². The van der Waals surface area contributed by atoms with E-state index in [-0.39, 0.29) is 0 Å². The van der Waals surface area contributed by atoms with Crippen molar-refractivity contribution in [1.29, 1.82) is 0 Å². The molecule has 2 nitrogen and oxygen atoms in total. The van der Waals surface area contributed by atoms with Gasteiger partial charge in [-0.25, -0.2) is 0 Å². The molecule has 0 spiro atoms. The van der Waals surface area contributed by atoms with Crippen LogP contribution in [0, 0.1) is 17.8 Å². The Morgan fingerprint density at radius 1 is 1.25 bits per heavy atom. The summed E-state index contributed by atoms with van der Waals surface area (Å²) in [6.45, 7) is 5.93. The van der Waals surface area contributed by atoms with Crippen LogP contribution in [0.4, 0.5) is 0 Å². The van der Waals surface area contributed by atoms with Crippen LogP contribution in [-0.2, 0) is 4.74 Å². The fraction of sp³-hybridized carbons (Fsp3) is 1.00. The van der Waals surface area contributed by atoms with Gasteiger partial charge < -0.3 is 9.84 Å². The molecule has 2 heteroatoms. The maximum absolute atomic E-state index is 10.8. The quantitative estimate of drug-likeness (QED) is 0.801. The Morgan fingerprint density at radius 3 is 2.69 bits per heavy atom. The minimum absolute atomic E-state index is 0.369. The molecule has 1 heterocycles. The number of hydrogen-bond acceptors (Lipinski definition) is 2. The van der Waals surface area contributed by atoms with E-state index in [0.29, 0.717) is 11.8 Å². The minimum atomic E-state index is -0.496. The highest BCUT2D eigenvalue weighted by atomic mass is 16.5. The van der Waals surface area contributed by atoms with Crippen LogP contribution in [0.5, 0.6) is 0 Å². The summed E-state index contributed by atoms with van der Waals surface area (Å²) in [4.78, 5) is 0. The van der Waals surface area contributed by atoms with Crippen molar-refractivity contribution in [3.63, 3.8) is 0 Å². The molecule has 94 valence electrons. The molecule has 1 aliphatic carbocycles. The lowest BCUT2D eigenvalue weighted by atomic mass is 9.68. The normalized spacial score (nSPS) is 39.6. The van der Waals surface area contributed by atoms with Gasteiger partial charge in [-0.2, -0.15) is 0 Å². The predicted molar refractivity (Wildman–Crippen MR) is 65.3 cm³/mol. The van der Waals surface area contributed by atoms with Gasteiger partial charge in [0.25, 0.3) is 0 Å². The fourth-order valence-corrected chi connectivity index (χ4v) is 3.52. The zero-order valence-electron chi connectivity index (χ0n) is 10.7. The first kappa shape index (κ1) is 12.4. The largest absolute Gasteiger partial charge is 0.390 e. The van der Waals surface area contributed by atoms with Gasteiger partial charge >= 0.3 is 0 Å². The van der Waals surface area contributed by atoms with Gasteiger partial charge in [0.15, 0.2) is 0 Å². The van der Waals surface area contributed by atoms with Crippen molar-refractivity contribution in [1.82, 2.24) is 0 Å². The van der Waals surface area contributed by atoms with Crippen LogP contribution in [0.2, 0.25) is 0 Å². The van der Waals surface area contributed by atoms with Gasteiger partial charge in [0.05, 0.1) is 12.2 Å². The van der Waals surface area contributed by atoms with Crippen LogP contribution in [0.3, 0.4) is 0 Å². The molecule has 2 aliphatic rings. The van der Waals surface area contributed by atoms with Crippen molar-refractivity contribution in [2.45, 2.75) is 58.0 Å². The topological polar surface area (TPSA) is 29.5 Å². The number of ether oxygens (including phenoxy) is 1. The van der Waals surface area contributed by atoms with Crippen molar-refractivity contribution >= 4 is 0 Å². The highest BCUT2D eigenvalue weighted by Gasteiger charge is 2.42. The Balaban J connectivity index is 1.98. The molecule has 2 fully saturated rings. The van der Waals surface area contributed by atoms with Gasteiger partial charge in [-0.05, 0) is 38.0 Å². The third-order valence-corrected chi connectivity index (χ3v) is 4.94. The summed E-state index contributed by atoms with van der Waals surface area (Å²) < 4.78 is 5.43. The smallest absolute Gasteiger partial charge is 0.0698 e. The van der Waals surface area contributed by atoms with E-state index in [0.717, 1.165) is 25.6 Å². The van der Waals surface area contributed by atoms with Crippen LogP contribution in [0.15, 0.2) is 0 Å². The van der Waals surface area contributed by atoms with Crippen molar-refractivity contribution < 1.29 is 9.84 Å². The molecule has 4 atom stereocenters. The molecule has 0 amide bonds. The molecule has 0 aromatic heterocycles. The second kappa shape index (κ2) is 5.05. The average molecular weight is 226 g/mol. The average Bonchev–Trinajstić information content (AvgIpc) is 2.83. The first-order chi connectivity index (χ1) is 7.64. The molecule has 1 saturated heterocycles. The highest BCUT2D eigenvalue weighted by Crippen LogP contribution is 2.42. The molecule has 0 bridgehead atoms. The van der Waals surface area contributed by atoms with E-state index in [4.69, 9.17) is 4.74 Å². The van der Waals surface area contributed by atoms with E-state index in [9.17, 15) is 5.11 Å². The van der Waals surface area contributed by atoms with E-state index in [1.54, 1.807) is 0 Å². The van der Waals surface area contributed by atoms with Gasteiger partial charge in [-0.15, -0.1) is 0 Å². The molecular formula is C14H26O2. The Bertz CT molecular complexity index is 219. The lowest BCUT2D eigenvalue weighted by molar-refractivity contribution is -0.0736. The molecular weight excluding hydrogens is 200 g/mol. The van der Waals surface area contributed by atoms with Crippen LogP contribution in [-0.4, -0.2) is 23.9 Å². The minimum Gasteiger partial charge on any atom is -0.390 e. The van der Waals surface area contributed by atoms with Gasteiger partial charge in [-0.3, -0.25) is 0 Å². The lowest BCUT2D eigenvalue weighted by Gasteiger charge is -2.41. The Labute approximate surface area is 99.4 Å². The second-order valence-corrected chi connectivity index (χ2v) is 5.92. The Kier molecular flexibility index (Phi) is 3.91. The van der Waals surface area contributed by atoms with Gasteiger partial charge in [0.1, 0.15) is 0 Å². The predicted octanol–water partition coefficient (Wildman–Crippen LogP) is 2.99. The van der Waals surface area contributed by atoms with Crippen molar-refractivity contribution in [3.05, 3.63) is 0 Å². The van der Waals surface area contributed by atoms with E-state index in [1.165, 1.54) is 32.1 Å². The first-order valence-electron chi connectivity index (χ1n) is 6.94. The van der Waals surface area contributed by atoms with Gasteiger partial charge in [0.2, 0.25) is 0 Å². The summed E-state index contributed by atoms with van der Waals surface area (Å²) in [5.41, 5.74) is -0.496. The summed E-state index contributed by atoms with van der Waals surface area (Å²) in [6, 6.07) is 0. The highest BCUT2D eigenvalue weighted by molar-refractivity contribution is 4.93. The Hall–Kier alpha value is -0.0800. The molecule has 1 aliphatic heterocycles. The summed E-state index contributed by atoms with van der Waals surface area (Å²) in [5.74, 6) is 1.71. The molecule has 0 aromatic rings. The SMILES string of the molecule is CCC1CCCC(C(C)(O)C2CCOC2)C1. The molecule has 1 saturated carbocycles. The Morgan fingerprint density at radius 2 is 2.06 bits per heavy atom. The summed E-state index contributed by atoms with van der Waals surface area (Å²) >= 11 is 0. The lowest BCUT2D eigenvalue weighted by Crippen LogP contribution is -2.44. The van der Waals surface area contributed by atoms with E-state index in [2.05, 4.69) is 13.8 Å².